The zero-order chi connectivity index (χ0) is 24.7. The van der Waals surface area contributed by atoms with E-state index in [4.69, 9.17) is 0 Å². The van der Waals surface area contributed by atoms with Gasteiger partial charge >= 0.3 is 0 Å². The average Bonchev–Trinajstić information content (AvgIpc) is 3.19. The number of nitrogens with zero attached hydrogens (tertiary/aromatic N) is 2. The van der Waals surface area contributed by atoms with E-state index in [0.29, 0.717) is 54.4 Å². The number of sulfonamides is 1. The van der Waals surface area contributed by atoms with Crippen LogP contribution in [0.25, 0.3) is 0 Å². The maximum Gasteiger partial charge on any atom is 0.254 e. The average molecular weight is 500 g/mol. The quantitative estimate of drug-likeness (QED) is 0.669. The number of fused-ring (bicyclic) bond motifs is 1. The minimum Gasteiger partial charge on any atom is -0.330 e. The van der Waals surface area contributed by atoms with Crippen molar-refractivity contribution < 1.29 is 17.6 Å². The number of hydrogen-bond acceptors (Lipinski definition) is 4. The molecule has 3 heterocycles. The fourth-order valence-corrected chi connectivity index (χ4v) is 7.13. The van der Waals surface area contributed by atoms with E-state index >= 15 is 4.39 Å². The Hall–Kier alpha value is -2.29. The van der Waals surface area contributed by atoms with Gasteiger partial charge in [0.2, 0.25) is 10.0 Å². The van der Waals surface area contributed by atoms with E-state index in [9.17, 15) is 13.2 Å². The van der Waals surface area contributed by atoms with Gasteiger partial charge in [-0.15, -0.1) is 0 Å². The molecule has 1 unspecified atom stereocenters. The lowest BCUT2D eigenvalue weighted by molar-refractivity contribution is 0.0674. The largest absolute Gasteiger partial charge is 0.330 e. The molecule has 0 aliphatic carbocycles. The Labute approximate surface area is 207 Å². The van der Waals surface area contributed by atoms with Crippen LogP contribution in [0.3, 0.4) is 0 Å². The van der Waals surface area contributed by atoms with E-state index in [1.807, 2.05) is 23.1 Å². The zero-order valence-corrected chi connectivity index (χ0v) is 21.3. The number of piperidine rings is 2. The Morgan fingerprint density at radius 2 is 1.77 bits per heavy atom. The number of carbonyl (C=O) groups is 1. The second kappa shape index (κ2) is 9.64. The minimum absolute atomic E-state index is 0.0597. The Morgan fingerprint density at radius 3 is 2.40 bits per heavy atom. The van der Waals surface area contributed by atoms with Crippen molar-refractivity contribution in [2.24, 2.45) is 0 Å². The van der Waals surface area contributed by atoms with Crippen molar-refractivity contribution in [3.8, 4) is 0 Å². The van der Waals surface area contributed by atoms with E-state index in [-0.39, 0.29) is 23.7 Å². The monoisotopic (exact) mass is 499 g/mol. The molecule has 8 heteroatoms. The molecule has 0 bridgehead atoms. The standard InChI is InChI=1S/C27H34FN3O3S/c1-18(2)19-5-7-23(8-6-19)35(33,34)30-12-9-20(10-13-30)24-14-21-17-31(22-4-3-11-29-16-22)27(32)25(21)15-26(24)28/h5-8,14-15,18,20,22,29H,3-4,9-13,16-17H2,1-2H3. The van der Waals surface area contributed by atoms with Crippen molar-refractivity contribution in [1.29, 1.82) is 0 Å². The lowest BCUT2D eigenvalue weighted by Gasteiger charge is -2.32. The molecular weight excluding hydrogens is 465 g/mol. The van der Waals surface area contributed by atoms with Gasteiger partial charge in [0.25, 0.3) is 5.91 Å². The number of hydrogen-bond donors (Lipinski definition) is 1. The Bertz CT molecular complexity index is 1200. The van der Waals surface area contributed by atoms with E-state index in [1.54, 1.807) is 12.1 Å². The maximum absolute atomic E-state index is 15.2. The van der Waals surface area contributed by atoms with Crippen LogP contribution in [-0.2, 0) is 16.6 Å². The molecule has 1 atom stereocenters. The summed E-state index contributed by atoms with van der Waals surface area (Å²) in [7, 11) is -3.57. The van der Waals surface area contributed by atoms with Crippen LogP contribution in [-0.4, -0.2) is 55.8 Å². The number of carbonyl (C=O) groups excluding carboxylic acids is 1. The molecule has 0 radical (unpaired) electrons. The van der Waals surface area contributed by atoms with Gasteiger partial charge in [-0.05, 0) is 79.0 Å². The van der Waals surface area contributed by atoms with E-state index in [0.717, 1.165) is 37.1 Å². The number of amides is 1. The van der Waals surface area contributed by atoms with Crippen molar-refractivity contribution in [2.75, 3.05) is 26.2 Å². The third-order valence-corrected chi connectivity index (χ3v) is 9.76. The highest BCUT2D eigenvalue weighted by atomic mass is 32.2. The molecule has 3 aliphatic rings. The first kappa shape index (κ1) is 24.4. The van der Waals surface area contributed by atoms with Crippen molar-refractivity contribution in [2.45, 2.75) is 68.8 Å². The molecule has 2 aromatic carbocycles. The topological polar surface area (TPSA) is 69.7 Å². The number of nitrogens with one attached hydrogen (secondary N) is 1. The van der Waals surface area contributed by atoms with E-state index in [1.165, 1.54) is 10.4 Å². The highest BCUT2D eigenvalue weighted by Crippen LogP contribution is 2.36. The molecule has 6 nitrogen and oxygen atoms in total. The molecule has 35 heavy (non-hydrogen) atoms. The van der Waals surface area contributed by atoms with Crippen molar-refractivity contribution in [1.82, 2.24) is 14.5 Å². The molecule has 0 saturated carbocycles. The molecule has 0 aromatic heterocycles. The molecule has 1 N–H and O–H groups in total. The summed E-state index contributed by atoms with van der Waals surface area (Å²) in [6, 6.07) is 10.5. The maximum atomic E-state index is 15.2. The van der Waals surface area contributed by atoms with Gasteiger partial charge in [0.1, 0.15) is 5.82 Å². The SMILES string of the molecule is CC(C)c1ccc(S(=O)(=O)N2CCC(c3cc4c(cc3F)C(=O)N(C3CCCNC3)C4)CC2)cc1. The van der Waals surface area contributed by atoms with Crippen molar-refractivity contribution >= 4 is 15.9 Å². The van der Waals surface area contributed by atoms with Gasteiger partial charge in [-0.25, -0.2) is 12.8 Å². The van der Waals surface area contributed by atoms with Crippen LogP contribution in [0.5, 0.6) is 0 Å². The van der Waals surface area contributed by atoms with Gasteiger partial charge in [0, 0.05) is 37.8 Å². The molecule has 188 valence electrons. The predicted octanol–water partition coefficient (Wildman–Crippen LogP) is 4.23. The molecule has 2 saturated heterocycles. The first-order chi connectivity index (χ1) is 16.8. The van der Waals surface area contributed by atoms with Crippen LogP contribution in [0.15, 0.2) is 41.3 Å². The summed E-state index contributed by atoms with van der Waals surface area (Å²) < 4.78 is 43.0. The van der Waals surface area contributed by atoms with E-state index < -0.39 is 10.0 Å². The van der Waals surface area contributed by atoms with Crippen LogP contribution in [0.2, 0.25) is 0 Å². The number of rotatable bonds is 5. The minimum atomic E-state index is -3.57. The summed E-state index contributed by atoms with van der Waals surface area (Å²) in [5, 5.41) is 3.35. The third kappa shape index (κ3) is 4.63. The molecule has 3 aliphatic heterocycles. The zero-order valence-electron chi connectivity index (χ0n) is 20.5. The van der Waals surface area contributed by atoms with Gasteiger partial charge in [0.15, 0.2) is 0 Å². The summed E-state index contributed by atoms with van der Waals surface area (Å²) in [5.41, 5.74) is 3.07. The van der Waals surface area contributed by atoms with Gasteiger partial charge < -0.3 is 10.2 Å². The van der Waals surface area contributed by atoms with Gasteiger partial charge in [-0.3, -0.25) is 4.79 Å². The van der Waals surface area contributed by atoms with Crippen LogP contribution < -0.4 is 5.32 Å². The highest BCUT2D eigenvalue weighted by Gasteiger charge is 2.36. The second-order valence-electron chi connectivity index (χ2n) is 10.4. The Balaban J connectivity index is 1.28. The van der Waals surface area contributed by atoms with Gasteiger partial charge in [-0.2, -0.15) is 4.31 Å². The summed E-state index contributed by atoms with van der Waals surface area (Å²) in [5.74, 6) is -0.156. The van der Waals surface area contributed by atoms with Crippen LogP contribution in [0.4, 0.5) is 4.39 Å². The summed E-state index contributed by atoms with van der Waals surface area (Å²) >= 11 is 0. The van der Waals surface area contributed by atoms with Crippen LogP contribution in [0, 0.1) is 5.82 Å². The highest BCUT2D eigenvalue weighted by molar-refractivity contribution is 7.89. The lowest BCUT2D eigenvalue weighted by atomic mass is 9.88. The third-order valence-electron chi connectivity index (χ3n) is 7.84. The molecule has 0 spiro atoms. The summed E-state index contributed by atoms with van der Waals surface area (Å²) in [6.07, 6.45) is 3.12. The smallest absolute Gasteiger partial charge is 0.254 e. The first-order valence-electron chi connectivity index (χ1n) is 12.7. The second-order valence-corrected chi connectivity index (χ2v) is 12.3. The molecule has 1 amide bonds. The predicted molar refractivity (Wildman–Crippen MR) is 133 cm³/mol. The molecule has 2 aromatic rings. The summed E-state index contributed by atoms with van der Waals surface area (Å²) in [6.45, 7) is 7.14. The molecular formula is C27H34FN3O3S. The van der Waals surface area contributed by atoms with E-state index in [2.05, 4.69) is 19.2 Å². The Kier molecular flexibility index (Phi) is 6.72. The molecule has 2 fully saturated rings. The fourth-order valence-electron chi connectivity index (χ4n) is 5.67. The van der Waals surface area contributed by atoms with Gasteiger partial charge in [0.05, 0.1) is 4.90 Å². The van der Waals surface area contributed by atoms with Crippen molar-refractivity contribution in [3.05, 3.63) is 64.5 Å². The lowest BCUT2D eigenvalue weighted by Crippen LogP contribution is -2.46. The van der Waals surface area contributed by atoms with Crippen LogP contribution in [0.1, 0.15) is 78.4 Å². The molecule has 5 rings (SSSR count). The summed E-state index contributed by atoms with van der Waals surface area (Å²) in [4.78, 5) is 15.1. The van der Waals surface area contributed by atoms with Crippen molar-refractivity contribution in [3.63, 3.8) is 0 Å². The first-order valence-corrected chi connectivity index (χ1v) is 14.1. The fraction of sp³-hybridized carbons (Fsp3) is 0.519. The normalized spacial score (nSPS) is 22.1. The number of benzene rings is 2. The van der Waals surface area contributed by atoms with Gasteiger partial charge in [-0.1, -0.05) is 32.0 Å². The van der Waals surface area contributed by atoms with Crippen LogP contribution >= 0.6 is 0 Å². The number of halogens is 1. The Morgan fingerprint density at radius 1 is 1.06 bits per heavy atom.